The highest BCUT2D eigenvalue weighted by atomic mass is 16.6. The zero-order valence-corrected chi connectivity index (χ0v) is 10.4. The van der Waals surface area contributed by atoms with Gasteiger partial charge in [0, 0.05) is 12.0 Å². The fraction of sp³-hybridized carbons (Fsp3) is 0.583. The molecule has 0 aromatic carbocycles. The molecule has 1 aliphatic heterocycles. The molecule has 0 saturated carbocycles. The number of carbonyl (C=O) groups is 3. The van der Waals surface area contributed by atoms with E-state index in [0.29, 0.717) is 13.0 Å². The number of esters is 3. The maximum absolute atomic E-state index is 11.4. The SMILES string of the molecule is C=C(C)C(=O)OCC(=O)OC1CC(C)COC1=O. The molecule has 6 nitrogen and oxygen atoms in total. The predicted molar refractivity (Wildman–Crippen MR) is 60.4 cm³/mol. The Morgan fingerprint density at radius 2 is 2.17 bits per heavy atom. The molecule has 1 fully saturated rings. The largest absolute Gasteiger partial charge is 0.463 e. The monoisotopic (exact) mass is 256 g/mol. The Morgan fingerprint density at radius 1 is 1.50 bits per heavy atom. The molecule has 18 heavy (non-hydrogen) atoms. The molecule has 2 atom stereocenters. The van der Waals surface area contributed by atoms with Crippen molar-refractivity contribution in [2.45, 2.75) is 26.4 Å². The minimum atomic E-state index is -0.912. The summed E-state index contributed by atoms with van der Waals surface area (Å²) in [6.07, 6.45) is -0.497. The van der Waals surface area contributed by atoms with Gasteiger partial charge in [-0.2, -0.15) is 0 Å². The lowest BCUT2D eigenvalue weighted by Crippen LogP contribution is -2.38. The van der Waals surface area contributed by atoms with E-state index in [4.69, 9.17) is 9.47 Å². The highest BCUT2D eigenvalue weighted by Gasteiger charge is 2.31. The third kappa shape index (κ3) is 4.20. The van der Waals surface area contributed by atoms with Gasteiger partial charge in [0.15, 0.2) is 12.7 Å². The fourth-order valence-electron chi connectivity index (χ4n) is 1.38. The van der Waals surface area contributed by atoms with Gasteiger partial charge in [-0.3, -0.25) is 0 Å². The maximum atomic E-state index is 11.4. The first-order chi connectivity index (χ1) is 8.40. The van der Waals surface area contributed by atoms with Crippen molar-refractivity contribution >= 4 is 17.9 Å². The lowest BCUT2D eigenvalue weighted by atomic mass is 10.0. The van der Waals surface area contributed by atoms with E-state index in [2.05, 4.69) is 11.3 Å². The van der Waals surface area contributed by atoms with Gasteiger partial charge in [0.1, 0.15) is 0 Å². The second-order valence-corrected chi connectivity index (χ2v) is 4.31. The van der Waals surface area contributed by atoms with Crippen LogP contribution in [-0.2, 0) is 28.6 Å². The van der Waals surface area contributed by atoms with Crippen LogP contribution in [-0.4, -0.2) is 37.2 Å². The van der Waals surface area contributed by atoms with Gasteiger partial charge in [0.05, 0.1) is 6.61 Å². The van der Waals surface area contributed by atoms with Crippen LogP contribution >= 0.6 is 0 Å². The first-order valence-electron chi connectivity index (χ1n) is 5.59. The Labute approximate surface area is 105 Å². The van der Waals surface area contributed by atoms with Crippen LogP contribution in [0.25, 0.3) is 0 Å². The van der Waals surface area contributed by atoms with Crippen molar-refractivity contribution in [3.63, 3.8) is 0 Å². The Hall–Kier alpha value is -1.85. The zero-order chi connectivity index (χ0) is 13.7. The van der Waals surface area contributed by atoms with Crippen molar-refractivity contribution in [2.24, 2.45) is 5.92 Å². The molecule has 0 bridgehead atoms. The van der Waals surface area contributed by atoms with Gasteiger partial charge in [-0.25, -0.2) is 14.4 Å². The standard InChI is InChI=1S/C12H16O6/c1-7(2)11(14)17-6-10(13)18-9-4-8(3)5-16-12(9)15/h8-9H,1,4-6H2,2-3H3. The maximum Gasteiger partial charge on any atom is 0.347 e. The normalized spacial score (nSPS) is 22.9. The molecule has 1 aliphatic rings. The number of rotatable bonds is 4. The Balaban J connectivity index is 2.37. The predicted octanol–water partition coefficient (Wildman–Crippen LogP) is 0.600. The third-order valence-electron chi connectivity index (χ3n) is 2.33. The molecular formula is C12H16O6. The van der Waals surface area contributed by atoms with Gasteiger partial charge in [-0.15, -0.1) is 0 Å². The molecule has 1 saturated heterocycles. The molecule has 2 unspecified atom stereocenters. The van der Waals surface area contributed by atoms with E-state index in [-0.39, 0.29) is 11.5 Å². The number of ether oxygens (including phenoxy) is 3. The van der Waals surface area contributed by atoms with Crippen LogP contribution in [0.1, 0.15) is 20.3 Å². The molecular weight excluding hydrogens is 240 g/mol. The van der Waals surface area contributed by atoms with Crippen LogP contribution in [0.5, 0.6) is 0 Å². The van der Waals surface area contributed by atoms with Crippen molar-refractivity contribution in [2.75, 3.05) is 13.2 Å². The zero-order valence-electron chi connectivity index (χ0n) is 10.4. The highest BCUT2D eigenvalue weighted by molar-refractivity contribution is 5.89. The summed E-state index contributed by atoms with van der Waals surface area (Å²) in [5, 5.41) is 0. The van der Waals surface area contributed by atoms with Crippen molar-refractivity contribution in [1.82, 2.24) is 0 Å². The second kappa shape index (κ2) is 6.18. The Morgan fingerprint density at radius 3 is 2.78 bits per heavy atom. The van der Waals surface area contributed by atoms with Crippen molar-refractivity contribution in [1.29, 1.82) is 0 Å². The van der Waals surface area contributed by atoms with Gasteiger partial charge < -0.3 is 14.2 Å². The van der Waals surface area contributed by atoms with Crippen LogP contribution < -0.4 is 0 Å². The van der Waals surface area contributed by atoms with Gasteiger partial charge in [0.25, 0.3) is 0 Å². The van der Waals surface area contributed by atoms with E-state index in [1.165, 1.54) is 6.92 Å². The quantitative estimate of drug-likeness (QED) is 0.416. The molecule has 0 radical (unpaired) electrons. The van der Waals surface area contributed by atoms with E-state index >= 15 is 0 Å². The van der Waals surface area contributed by atoms with E-state index in [1.807, 2.05) is 6.92 Å². The summed E-state index contributed by atoms with van der Waals surface area (Å²) < 4.78 is 14.3. The Kier molecular flexibility index (Phi) is 4.88. The fourth-order valence-corrected chi connectivity index (χ4v) is 1.38. The average molecular weight is 256 g/mol. The van der Waals surface area contributed by atoms with Gasteiger partial charge in [-0.05, 0) is 12.8 Å². The molecule has 1 rings (SSSR count). The summed E-state index contributed by atoms with van der Waals surface area (Å²) >= 11 is 0. The minimum Gasteiger partial charge on any atom is -0.463 e. The molecule has 6 heteroatoms. The molecule has 0 aromatic rings. The minimum absolute atomic E-state index is 0.137. The molecule has 0 amide bonds. The first-order valence-corrected chi connectivity index (χ1v) is 5.59. The van der Waals surface area contributed by atoms with E-state index in [1.54, 1.807) is 0 Å². The van der Waals surface area contributed by atoms with Crippen LogP contribution in [0.3, 0.4) is 0 Å². The van der Waals surface area contributed by atoms with Crippen molar-refractivity contribution < 1.29 is 28.6 Å². The molecule has 0 spiro atoms. The Bertz CT molecular complexity index is 373. The van der Waals surface area contributed by atoms with Crippen molar-refractivity contribution in [3.05, 3.63) is 12.2 Å². The number of carbonyl (C=O) groups excluding carboxylic acids is 3. The van der Waals surface area contributed by atoms with Gasteiger partial charge >= 0.3 is 17.9 Å². The van der Waals surface area contributed by atoms with E-state index in [0.717, 1.165) is 0 Å². The van der Waals surface area contributed by atoms with Crippen molar-refractivity contribution in [3.8, 4) is 0 Å². The summed E-state index contributed by atoms with van der Waals surface area (Å²) in [5.41, 5.74) is 0.188. The summed E-state index contributed by atoms with van der Waals surface area (Å²) in [6.45, 7) is 6.51. The van der Waals surface area contributed by atoms with Gasteiger partial charge in [-0.1, -0.05) is 13.5 Å². The van der Waals surface area contributed by atoms with Crippen LogP contribution in [0.2, 0.25) is 0 Å². The average Bonchev–Trinajstić information content (AvgIpc) is 2.30. The topological polar surface area (TPSA) is 78.9 Å². The lowest BCUT2D eigenvalue weighted by molar-refractivity contribution is -0.178. The summed E-state index contributed by atoms with van der Waals surface area (Å²) in [5.74, 6) is -1.88. The number of hydrogen-bond acceptors (Lipinski definition) is 6. The van der Waals surface area contributed by atoms with E-state index < -0.39 is 30.6 Å². The third-order valence-corrected chi connectivity index (χ3v) is 2.33. The smallest absolute Gasteiger partial charge is 0.347 e. The van der Waals surface area contributed by atoms with Crippen LogP contribution in [0.15, 0.2) is 12.2 Å². The number of cyclic esters (lactones) is 1. The molecule has 1 heterocycles. The molecule has 0 N–H and O–H groups in total. The summed E-state index contributed by atoms with van der Waals surface area (Å²) in [4.78, 5) is 33.7. The van der Waals surface area contributed by atoms with Crippen LogP contribution in [0, 0.1) is 5.92 Å². The number of hydrogen-bond donors (Lipinski definition) is 0. The summed E-state index contributed by atoms with van der Waals surface area (Å²) in [7, 11) is 0. The highest BCUT2D eigenvalue weighted by Crippen LogP contribution is 2.17. The first kappa shape index (κ1) is 14.2. The van der Waals surface area contributed by atoms with E-state index in [9.17, 15) is 14.4 Å². The van der Waals surface area contributed by atoms with Crippen LogP contribution in [0.4, 0.5) is 0 Å². The molecule has 100 valence electrons. The van der Waals surface area contributed by atoms with Gasteiger partial charge in [0.2, 0.25) is 0 Å². The lowest BCUT2D eigenvalue weighted by Gasteiger charge is -2.25. The second-order valence-electron chi connectivity index (χ2n) is 4.31. The molecule has 0 aromatic heterocycles. The molecule has 0 aliphatic carbocycles. The summed E-state index contributed by atoms with van der Waals surface area (Å²) in [6, 6.07) is 0.